The molecule has 134 valence electrons. The van der Waals surface area contributed by atoms with Crippen molar-refractivity contribution in [3.8, 4) is 28.4 Å². The number of anilines is 1. The Morgan fingerprint density at radius 1 is 1.12 bits per heavy atom. The number of ether oxygens (including phenoxy) is 2. The molecule has 1 aliphatic heterocycles. The maximum absolute atomic E-state index is 6.12. The summed E-state index contributed by atoms with van der Waals surface area (Å²) in [5.41, 5.74) is 5.17. The Morgan fingerprint density at radius 3 is 2.69 bits per heavy atom. The number of aromatic nitrogens is 2. The summed E-state index contributed by atoms with van der Waals surface area (Å²) in [6.45, 7) is 2.93. The molecule has 4 rings (SSSR count). The molecule has 0 spiro atoms. The minimum Gasteiger partial charge on any atom is -0.497 e. The van der Waals surface area contributed by atoms with Gasteiger partial charge in [-0.3, -0.25) is 0 Å². The molecule has 0 saturated heterocycles. The van der Waals surface area contributed by atoms with E-state index in [1.807, 2.05) is 48.0 Å². The van der Waals surface area contributed by atoms with E-state index in [2.05, 4.69) is 5.32 Å². The summed E-state index contributed by atoms with van der Waals surface area (Å²) < 4.78 is 12.9. The molecular weight excluding hydrogens is 350 g/mol. The van der Waals surface area contributed by atoms with Gasteiger partial charge in [-0.15, -0.1) is 0 Å². The monoisotopic (exact) mass is 369 g/mol. The fourth-order valence-electron chi connectivity index (χ4n) is 3.42. The summed E-state index contributed by atoms with van der Waals surface area (Å²) in [5.74, 6) is 2.54. The van der Waals surface area contributed by atoms with Gasteiger partial charge in [-0.25, -0.2) is 4.68 Å². The Kier molecular flexibility index (Phi) is 4.24. The lowest BCUT2D eigenvalue weighted by molar-refractivity contribution is 0.395. The zero-order chi connectivity index (χ0) is 18.3. The van der Waals surface area contributed by atoms with Crippen LogP contribution in [0.1, 0.15) is 11.1 Å². The zero-order valence-electron chi connectivity index (χ0n) is 15.0. The van der Waals surface area contributed by atoms with Crippen LogP contribution in [-0.4, -0.2) is 30.5 Å². The molecule has 0 saturated carbocycles. The first-order chi connectivity index (χ1) is 12.6. The highest BCUT2D eigenvalue weighted by Gasteiger charge is 2.26. The molecule has 0 atom stereocenters. The average Bonchev–Trinajstić information content (AvgIpc) is 3.24. The summed E-state index contributed by atoms with van der Waals surface area (Å²) in [5, 5.41) is 9.10. The molecule has 0 radical (unpaired) electrons. The molecule has 0 bridgehead atoms. The van der Waals surface area contributed by atoms with Gasteiger partial charge in [0.1, 0.15) is 23.0 Å². The molecule has 0 aliphatic carbocycles. The largest absolute Gasteiger partial charge is 0.497 e. The molecule has 0 fully saturated rings. The van der Waals surface area contributed by atoms with Gasteiger partial charge in [0.25, 0.3) is 0 Å². The number of methoxy groups -OCH3 is 2. The van der Waals surface area contributed by atoms with Crippen LogP contribution < -0.4 is 14.8 Å². The lowest BCUT2D eigenvalue weighted by Gasteiger charge is -2.11. The van der Waals surface area contributed by atoms with Crippen molar-refractivity contribution < 1.29 is 9.47 Å². The Labute approximate surface area is 157 Å². The van der Waals surface area contributed by atoms with Gasteiger partial charge in [-0.2, -0.15) is 5.10 Å². The number of aryl methyl sites for hydroxylation is 1. The first kappa shape index (κ1) is 16.8. The van der Waals surface area contributed by atoms with E-state index in [4.69, 9.17) is 26.2 Å². The number of hydrogen-bond acceptors (Lipinski definition) is 4. The highest BCUT2D eigenvalue weighted by atomic mass is 35.5. The van der Waals surface area contributed by atoms with Crippen LogP contribution in [-0.2, 0) is 6.42 Å². The van der Waals surface area contributed by atoms with Crippen molar-refractivity contribution >= 4 is 17.4 Å². The van der Waals surface area contributed by atoms with Crippen molar-refractivity contribution in [1.82, 2.24) is 9.78 Å². The second kappa shape index (κ2) is 6.57. The number of hydrogen-bond donors (Lipinski definition) is 1. The van der Waals surface area contributed by atoms with E-state index >= 15 is 0 Å². The molecule has 2 heterocycles. The SMILES string of the molecule is COc1ccc(-c2nn(-c3ccc(Cl)cc3C)c3c2CCN3)c(OC)c1. The number of fused-ring (bicyclic) bond motifs is 1. The van der Waals surface area contributed by atoms with E-state index < -0.39 is 0 Å². The van der Waals surface area contributed by atoms with Crippen LogP contribution in [0.4, 0.5) is 5.82 Å². The molecule has 1 aliphatic rings. The third kappa shape index (κ3) is 2.69. The van der Waals surface area contributed by atoms with Crippen LogP contribution in [0.5, 0.6) is 11.5 Å². The van der Waals surface area contributed by atoms with Crippen molar-refractivity contribution in [2.75, 3.05) is 26.1 Å². The predicted octanol–water partition coefficient (Wildman–Crippen LogP) is 4.49. The maximum Gasteiger partial charge on any atom is 0.133 e. The number of benzene rings is 2. The van der Waals surface area contributed by atoms with E-state index in [1.165, 1.54) is 5.56 Å². The molecular formula is C20H20ClN3O2. The highest BCUT2D eigenvalue weighted by Crippen LogP contribution is 2.40. The van der Waals surface area contributed by atoms with Crippen LogP contribution in [0.3, 0.4) is 0 Å². The topological polar surface area (TPSA) is 48.3 Å². The quantitative estimate of drug-likeness (QED) is 0.736. The van der Waals surface area contributed by atoms with Crippen LogP contribution in [0.2, 0.25) is 5.02 Å². The summed E-state index contributed by atoms with van der Waals surface area (Å²) in [4.78, 5) is 0. The number of halogens is 1. The molecule has 5 nitrogen and oxygen atoms in total. The van der Waals surface area contributed by atoms with E-state index in [0.717, 1.165) is 57.8 Å². The molecule has 0 unspecified atom stereocenters. The molecule has 2 aromatic carbocycles. The summed E-state index contributed by atoms with van der Waals surface area (Å²) in [6.07, 6.45) is 0.923. The highest BCUT2D eigenvalue weighted by molar-refractivity contribution is 6.30. The fraction of sp³-hybridized carbons (Fsp3) is 0.250. The number of rotatable bonds is 4. The smallest absolute Gasteiger partial charge is 0.133 e. The minimum absolute atomic E-state index is 0.722. The van der Waals surface area contributed by atoms with Gasteiger partial charge in [0, 0.05) is 28.8 Å². The van der Waals surface area contributed by atoms with Gasteiger partial charge in [-0.1, -0.05) is 11.6 Å². The molecule has 1 aromatic heterocycles. The normalized spacial score (nSPS) is 12.6. The minimum atomic E-state index is 0.722. The van der Waals surface area contributed by atoms with Gasteiger partial charge in [0.05, 0.1) is 19.9 Å². The molecule has 6 heteroatoms. The first-order valence-corrected chi connectivity index (χ1v) is 8.85. The van der Waals surface area contributed by atoms with E-state index in [9.17, 15) is 0 Å². The van der Waals surface area contributed by atoms with Crippen molar-refractivity contribution in [3.05, 3.63) is 52.5 Å². The second-order valence-corrected chi connectivity index (χ2v) is 6.70. The van der Waals surface area contributed by atoms with Crippen LogP contribution >= 0.6 is 11.6 Å². The van der Waals surface area contributed by atoms with Gasteiger partial charge in [-0.05, 0) is 49.2 Å². The Hall–Kier alpha value is -2.66. The van der Waals surface area contributed by atoms with Crippen LogP contribution in [0.15, 0.2) is 36.4 Å². The van der Waals surface area contributed by atoms with Crippen LogP contribution in [0, 0.1) is 6.92 Å². The van der Waals surface area contributed by atoms with Crippen molar-refractivity contribution in [2.45, 2.75) is 13.3 Å². The fourth-order valence-corrected chi connectivity index (χ4v) is 3.64. The van der Waals surface area contributed by atoms with Crippen molar-refractivity contribution in [3.63, 3.8) is 0 Å². The molecule has 3 aromatic rings. The van der Waals surface area contributed by atoms with Crippen molar-refractivity contribution in [1.29, 1.82) is 0 Å². The summed E-state index contributed by atoms with van der Waals surface area (Å²) in [6, 6.07) is 11.7. The predicted molar refractivity (Wildman–Crippen MR) is 104 cm³/mol. The number of nitrogens with zero attached hydrogens (tertiary/aromatic N) is 2. The summed E-state index contributed by atoms with van der Waals surface area (Å²) in [7, 11) is 3.31. The van der Waals surface area contributed by atoms with Crippen molar-refractivity contribution in [2.24, 2.45) is 0 Å². The van der Waals surface area contributed by atoms with Gasteiger partial charge in [0.15, 0.2) is 0 Å². The van der Waals surface area contributed by atoms with Gasteiger partial charge < -0.3 is 14.8 Å². The van der Waals surface area contributed by atoms with E-state index in [-0.39, 0.29) is 0 Å². The van der Waals surface area contributed by atoms with Gasteiger partial charge >= 0.3 is 0 Å². The molecule has 1 N–H and O–H groups in total. The second-order valence-electron chi connectivity index (χ2n) is 6.26. The average molecular weight is 370 g/mol. The molecule has 0 amide bonds. The molecule has 26 heavy (non-hydrogen) atoms. The third-order valence-electron chi connectivity index (χ3n) is 4.70. The van der Waals surface area contributed by atoms with Gasteiger partial charge in [0.2, 0.25) is 0 Å². The first-order valence-electron chi connectivity index (χ1n) is 8.47. The summed E-state index contributed by atoms with van der Waals surface area (Å²) >= 11 is 6.12. The van der Waals surface area contributed by atoms with E-state index in [0.29, 0.717) is 0 Å². The lowest BCUT2D eigenvalue weighted by Crippen LogP contribution is -2.05. The zero-order valence-corrected chi connectivity index (χ0v) is 15.7. The lowest BCUT2D eigenvalue weighted by atomic mass is 10.1. The maximum atomic E-state index is 6.12. The third-order valence-corrected chi connectivity index (χ3v) is 4.94. The Morgan fingerprint density at radius 2 is 1.96 bits per heavy atom. The Balaban J connectivity index is 1.90. The number of nitrogens with one attached hydrogen (secondary N) is 1. The van der Waals surface area contributed by atoms with E-state index in [1.54, 1.807) is 14.2 Å². The Bertz CT molecular complexity index is 981. The standard InChI is InChI=1S/C20H20ClN3O2/c1-12-10-13(21)4-7-17(12)24-20-16(8-9-22-20)19(23-24)15-6-5-14(25-2)11-18(15)26-3/h4-7,10-11,22H,8-9H2,1-3H3. The van der Waals surface area contributed by atoms with Crippen LogP contribution in [0.25, 0.3) is 16.9 Å².